The van der Waals surface area contributed by atoms with Crippen LogP contribution in [0.2, 0.25) is 0 Å². The third-order valence-corrected chi connectivity index (χ3v) is 4.14. The quantitative estimate of drug-likeness (QED) is 0.849. The van der Waals surface area contributed by atoms with E-state index in [0.29, 0.717) is 5.75 Å². The molecule has 1 saturated heterocycles. The number of hydrogen-bond acceptors (Lipinski definition) is 3. The summed E-state index contributed by atoms with van der Waals surface area (Å²) < 4.78 is 5.81. The summed E-state index contributed by atoms with van der Waals surface area (Å²) in [7, 11) is 0. The maximum Gasteiger partial charge on any atom is 0.119 e. The molecular weight excluding hydrogens is 298 g/mol. The van der Waals surface area contributed by atoms with Gasteiger partial charge in [-0.05, 0) is 67.7 Å². The molecule has 0 radical (unpaired) electrons. The lowest BCUT2D eigenvalue weighted by atomic mass is 10.0. The fourth-order valence-electron chi connectivity index (χ4n) is 2.85. The lowest BCUT2D eigenvalue weighted by molar-refractivity contribution is 0.238. The van der Waals surface area contributed by atoms with Crippen LogP contribution in [0.1, 0.15) is 37.8 Å². The largest absolute Gasteiger partial charge is 0.508 e. The van der Waals surface area contributed by atoms with Crippen molar-refractivity contribution in [2.75, 3.05) is 26.2 Å². The highest BCUT2D eigenvalue weighted by molar-refractivity contribution is 5.33. The summed E-state index contributed by atoms with van der Waals surface area (Å²) in [5.74, 6) is 1.25. The van der Waals surface area contributed by atoms with Gasteiger partial charge < -0.3 is 9.84 Å². The van der Waals surface area contributed by atoms with Crippen LogP contribution in [0.15, 0.2) is 48.5 Å². The van der Waals surface area contributed by atoms with Crippen LogP contribution in [0.25, 0.3) is 0 Å². The van der Waals surface area contributed by atoms with Crippen LogP contribution in [-0.2, 0) is 6.42 Å². The monoisotopic (exact) mass is 327 g/mol. The Balaban J connectivity index is 0.00000100. The van der Waals surface area contributed by atoms with Crippen molar-refractivity contribution in [2.24, 2.45) is 0 Å². The summed E-state index contributed by atoms with van der Waals surface area (Å²) in [5, 5.41) is 9.30. The van der Waals surface area contributed by atoms with Crippen molar-refractivity contribution in [3.05, 3.63) is 59.7 Å². The van der Waals surface area contributed by atoms with Crippen molar-refractivity contribution in [1.29, 1.82) is 0 Å². The minimum atomic E-state index is 0.311. The Kier molecular flexibility index (Phi) is 7.63. The molecule has 2 aromatic rings. The molecule has 1 heterocycles. The number of hydrogen-bond donors (Lipinski definition) is 1. The van der Waals surface area contributed by atoms with Crippen molar-refractivity contribution in [1.82, 2.24) is 4.90 Å². The normalized spacial score (nSPS) is 14.1. The van der Waals surface area contributed by atoms with E-state index in [4.69, 9.17) is 4.74 Å². The van der Waals surface area contributed by atoms with Crippen molar-refractivity contribution >= 4 is 0 Å². The van der Waals surface area contributed by atoms with Crippen molar-refractivity contribution in [3.8, 4) is 11.5 Å². The topological polar surface area (TPSA) is 32.7 Å². The summed E-state index contributed by atoms with van der Waals surface area (Å²) in [6.07, 6.45) is 3.52. The SMILES string of the molecule is CC.Oc1ccc(Cc2ccc(OCCN3CCCC3)cc2)cc1. The van der Waals surface area contributed by atoms with E-state index >= 15 is 0 Å². The van der Waals surface area contributed by atoms with Crippen LogP contribution in [0.4, 0.5) is 0 Å². The zero-order valence-electron chi connectivity index (χ0n) is 14.9. The molecule has 0 aromatic heterocycles. The molecular formula is C21H29NO2. The van der Waals surface area contributed by atoms with E-state index in [1.165, 1.54) is 37.1 Å². The van der Waals surface area contributed by atoms with E-state index in [0.717, 1.165) is 25.3 Å². The third kappa shape index (κ3) is 5.89. The molecule has 3 rings (SSSR count). The Morgan fingerprint density at radius 2 is 1.42 bits per heavy atom. The van der Waals surface area contributed by atoms with Crippen molar-refractivity contribution in [3.63, 3.8) is 0 Å². The molecule has 0 atom stereocenters. The first-order valence-electron chi connectivity index (χ1n) is 9.01. The molecule has 0 aliphatic carbocycles. The predicted octanol–water partition coefficient (Wildman–Crippen LogP) is 4.48. The van der Waals surface area contributed by atoms with Gasteiger partial charge in [0.25, 0.3) is 0 Å². The van der Waals surface area contributed by atoms with Gasteiger partial charge in [0.2, 0.25) is 0 Å². The molecule has 1 fully saturated rings. The van der Waals surface area contributed by atoms with Gasteiger partial charge in [0.1, 0.15) is 18.1 Å². The number of nitrogens with zero attached hydrogens (tertiary/aromatic N) is 1. The van der Waals surface area contributed by atoms with Gasteiger partial charge in [0.15, 0.2) is 0 Å². The molecule has 1 N–H and O–H groups in total. The van der Waals surface area contributed by atoms with Crippen LogP contribution in [-0.4, -0.2) is 36.2 Å². The highest BCUT2D eigenvalue weighted by Gasteiger charge is 2.10. The summed E-state index contributed by atoms with van der Waals surface area (Å²) >= 11 is 0. The van der Waals surface area contributed by atoms with Crippen molar-refractivity contribution in [2.45, 2.75) is 33.1 Å². The highest BCUT2D eigenvalue weighted by Crippen LogP contribution is 2.17. The van der Waals surface area contributed by atoms with E-state index in [2.05, 4.69) is 17.0 Å². The highest BCUT2D eigenvalue weighted by atomic mass is 16.5. The Labute approximate surface area is 145 Å². The van der Waals surface area contributed by atoms with Gasteiger partial charge in [-0.25, -0.2) is 0 Å². The van der Waals surface area contributed by atoms with Gasteiger partial charge in [-0.2, -0.15) is 0 Å². The van der Waals surface area contributed by atoms with Gasteiger partial charge in [-0.3, -0.25) is 4.90 Å². The minimum Gasteiger partial charge on any atom is -0.508 e. The maximum absolute atomic E-state index is 9.30. The number of aromatic hydroxyl groups is 1. The van der Waals surface area contributed by atoms with Crippen LogP contribution < -0.4 is 4.74 Å². The molecule has 0 bridgehead atoms. The first-order chi connectivity index (χ1) is 11.8. The van der Waals surface area contributed by atoms with Gasteiger partial charge in [0, 0.05) is 6.54 Å². The van der Waals surface area contributed by atoms with Gasteiger partial charge in [-0.15, -0.1) is 0 Å². The van der Waals surface area contributed by atoms with E-state index in [1.807, 2.05) is 38.1 Å². The van der Waals surface area contributed by atoms with E-state index in [1.54, 1.807) is 12.1 Å². The standard InChI is InChI=1S/C19H23NO2.C2H6/c21-18-7-3-16(4-8-18)15-17-5-9-19(10-6-17)22-14-13-20-11-1-2-12-20;1-2/h3-10,21H,1-2,11-15H2;1-2H3. The molecule has 0 spiro atoms. The number of ether oxygens (including phenoxy) is 1. The fourth-order valence-corrected chi connectivity index (χ4v) is 2.85. The Hall–Kier alpha value is -2.00. The molecule has 1 aliphatic rings. The summed E-state index contributed by atoms with van der Waals surface area (Å²) in [4.78, 5) is 2.46. The van der Waals surface area contributed by atoms with E-state index in [-0.39, 0.29) is 0 Å². The summed E-state index contributed by atoms with van der Waals surface area (Å²) in [6, 6.07) is 15.7. The molecule has 130 valence electrons. The first-order valence-corrected chi connectivity index (χ1v) is 9.01. The number of benzene rings is 2. The average molecular weight is 327 g/mol. The van der Waals surface area contributed by atoms with Gasteiger partial charge in [0.05, 0.1) is 0 Å². The van der Waals surface area contributed by atoms with Crippen LogP contribution in [0.3, 0.4) is 0 Å². The van der Waals surface area contributed by atoms with E-state index in [9.17, 15) is 5.11 Å². The number of likely N-dealkylation sites (tertiary alicyclic amines) is 1. The van der Waals surface area contributed by atoms with Crippen LogP contribution >= 0.6 is 0 Å². The minimum absolute atomic E-state index is 0.311. The molecule has 0 saturated carbocycles. The molecule has 3 nitrogen and oxygen atoms in total. The second kappa shape index (κ2) is 9.99. The predicted molar refractivity (Wildman–Crippen MR) is 99.9 cm³/mol. The smallest absolute Gasteiger partial charge is 0.119 e. The van der Waals surface area contributed by atoms with Crippen LogP contribution in [0, 0.1) is 0 Å². The molecule has 2 aromatic carbocycles. The number of phenolic OH excluding ortho intramolecular Hbond substituents is 1. The lowest BCUT2D eigenvalue weighted by Gasteiger charge is -2.15. The number of phenols is 1. The van der Waals surface area contributed by atoms with Crippen LogP contribution in [0.5, 0.6) is 11.5 Å². The molecule has 0 unspecified atom stereocenters. The molecule has 3 heteroatoms. The average Bonchev–Trinajstić information content (AvgIpc) is 3.14. The fraction of sp³-hybridized carbons (Fsp3) is 0.429. The molecule has 1 aliphatic heterocycles. The number of rotatable bonds is 6. The molecule has 24 heavy (non-hydrogen) atoms. The maximum atomic E-state index is 9.30. The summed E-state index contributed by atoms with van der Waals surface area (Å²) in [6.45, 7) is 8.22. The second-order valence-electron chi connectivity index (χ2n) is 5.88. The third-order valence-electron chi connectivity index (χ3n) is 4.14. The second-order valence-corrected chi connectivity index (χ2v) is 5.88. The van der Waals surface area contributed by atoms with Gasteiger partial charge >= 0.3 is 0 Å². The van der Waals surface area contributed by atoms with E-state index < -0.39 is 0 Å². The Morgan fingerprint density at radius 3 is 2.00 bits per heavy atom. The lowest BCUT2D eigenvalue weighted by Crippen LogP contribution is -2.25. The summed E-state index contributed by atoms with van der Waals surface area (Å²) in [5.41, 5.74) is 2.44. The zero-order chi connectivity index (χ0) is 17.2. The van der Waals surface area contributed by atoms with Crippen molar-refractivity contribution < 1.29 is 9.84 Å². The Bertz CT molecular complexity index is 572. The first kappa shape index (κ1) is 18.3. The Morgan fingerprint density at radius 1 is 0.875 bits per heavy atom. The van der Waals surface area contributed by atoms with Gasteiger partial charge in [-0.1, -0.05) is 38.1 Å². The molecule has 0 amide bonds. The zero-order valence-corrected chi connectivity index (χ0v) is 14.9.